The van der Waals surface area contributed by atoms with Crippen LogP contribution in [-0.4, -0.2) is 35.0 Å². The van der Waals surface area contributed by atoms with Crippen molar-refractivity contribution in [2.24, 2.45) is 5.92 Å². The average molecular weight is 364 g/mol. The number of amides is 3. The summed E-state index contributed by atoms with van der Waals surface area (Å²) in [6, 6.07) is 6.05. The maximum Gasteiger partial charge on any atom is 0.293 e. The van der Waals surface area contributed by atoms with E-state index in [0.717, 1.165) is 29.5 Å². The standard InChI is InChI=1S/C18H21FN2O3S/c1-3-12(4-2)16(22)20-9-10-21-17(23)15(25-18(21)24)11-13-7-5-6-8-14(13)19/h5-8,11-12H,3-4,9-10H2,1-2H3,(H,20,22)/b15-11+. The summed E-state index contributed by atoms with van der Waals surface area (Å²) in [6.45, 7) is 4.20. The molecule has 1 saturated heterocycles. The lowest BCUT2D eigenvalue weighted by atomic mass is 10.0. The van der Waals surface area contributed by atoms with E-state index in [4.69, 9.17) is 0 Å². The van der Waals surface area contributed by atoms with Crippen LogP contribution < -0.4 is 5.32 Å². The Balaban J connectivity index is 1.97. The van der Waals surface area contributed by atoms with Gasteiger partial charge >= 0.3 is 0 Å². The second kappa shape index (κ2) is 8.80. The summed E-state index contributed by atoms with van der Waals surface area (Å²) in [6.07, 6.45) is 2.87. The van der Waals surface area contributed by atoms with Gasteiger partial charge in [0.25, 0.3) is 11.1 Å². The van der Waals surface area contributed by atoms with Crippen molar-refractivity contribution in [3.8, 4) is 0 Å². The van der Waals surface area contributed by atoms with Crippen LogP contribution in [-0.2, 0) is 9.59 Å². The summed E-state index contributed by atoms with van der Waals surface area (Å²) in [5.74, 6) is -1.04. The van der Waals surface area contributed by atoms with Gasteiger partial charge in [0.2, 0.25) is 5.91 Å². The lowest BCUT2D eigenvalue weighted by molar-refractivity contribution is -0.126. The molecule has 1 fully saturated rings. The zero-order valence-electron chi connectivity index (χ0n) is 14.3. The van der Waals surface area contributed by atoms with Crippen molar-refractivity contribution in [1.82, 2.24) is 10.2 Å². The first-order valence-electron chi connectivity index (χ1n) is 8.25. The predicted octanol–water partition coefficient (Wildman–Crippen LogP) is 3.41. The molecule has 0 aromatic heterocycles. The first kappa shape index (κ1) is 19.2. The summed E-state index contributed by atoms with van der Waals surface area (Å²) in [7, 11) is 0. The molecular weight excluding hydrogens is 343 g/mol. The van der Waals surface area contributed by atoms with Crippen molar-refractivity contribution >= 4 is 34.9 Å². The van der Waals surface area contributed by atoms with Gasteiger partial charge in [0, 0.05) is 24.6 Å². The minimum Gasteiger partial charge on any atom is -0.354 e. The summed E-state index contributed by atoms with van der Waals surface area (Å²) >= 11 is 0.779. The first-order chi connectivity index (χ1) is 12.0. The highest BCUT2D eigenvalue weighted by molar-refractivity contribution is 8.18. The Bertz CT molecular complexity index is 701. The van der Waals surface area contributed by atoms with Crippen LogP contribution in [0, 0.1) is 11.7 Å². The second-order valence-electron chi connectivity index (χ2n) is 5.66. The Morgan fingerprint density at radius 3 is 2.60 bits per heavy atom. The Kier molecular flexibility index (Phi) is 6.75. The molecule has 0 spiro atoms. The highest BCUT2D eigenvalue weighted by Gasteiger charge is 2.34. The maximum atomic E-state index is 13.7. The number of benzene rings is 1. The van der Waals surface area contributed by atoms with Gasteiger partial charge in [0.05, 0.1) is 4.91 Å². The molecule has 1 heterocycles. The monoisotopic (exact) mass is 364 g/mol. The van der Waals surface area contributed by atoms with E-state index in [-0.39, 0.29) is 35.4 Å². The number of halogens is 1. The lowest BCUT2D eigenvalue weighted by Gasteiger charge is -2.15. The largest absolute Gasteiger partial charge is 0.354 e. The van der Waals surface area contributed by atoms with Gasteiger partial charge in [0.15, 0.2) is 0 Å². The van der Waals surface area contributed by atoms with Crippen molar-refractivity contribution in [3.05, 3.63) is 40.6 Å². The SMILES string of the molecule is CCC(CC)C(=O)NCCN1C(=O)S/C(=C/c2ccccc2F)C1=O. The third kappa shape index (κ3) is 4.69. The third-order valence-corrected chi connectivity index (χ3v) is 4.96. The molecule has 1 aliphatic heterocycles. The van der Waals surface area contributed by atoms with Crippen molar-refractivity contribution in [3.63, 3.8) is 0 Å². The van der Waals surface area contributed by atoms with Gasteiger partial charge in [-0.3, -0.25) is 19.3 Å². The number of thioether (sulfide) groups is 1. The molecule has 5 nitrogen and oxygen atoms in total. The summed E-state index contributed by atoms with van der Waals surface area (Å²) < 4.78 is 13.7. The van der Waals surface area contributed by atoms with Crippen LogP contribution >= 0.6 is 11.8 Å². The fourth-order valence-electron chi connectivity index (χ4n) is 2.52. The summed E-state index contributed by atoms with van der Waals surface area (Å²) in [5, 5.41) is 2.34. The number of hydrogen-bond donors (Lipinski definition) is 1. The summed E-state index contributed by atoms with van der Waals surface area (Å²) in [5.41, 5.74) is 0.259. The van der Waals surface area contributed by atoms with Gasteiger partial charge in [-0.2, -0.15) is 0 Å². The van der Waals surface area contributed by atoms with E-state index >= 15 is 0 Å². The molecule has 1 N–H and O–H groups in total. The van der Waals surface area contributed by atoms with Crippen molar-refractivity contribution in [1.29, 1.82) is 0 Å². The first-order valence-corrected chi connectivity index (χ1v) is 9.07. The number of imide groups is 1. The van der Waals surface area contributed by atoms with Gasteiger partial charge in [-0.15, -0.1) is 0 Å². The van der Waals surface area contributed by atoms with Crippen LogP contribution in [0.25, 0.3) is 6.08 Å². The minimum atomic E-state index is -0.463. The minimum absolute atomic E-state index is 0.0594. The molecule has 0 radical (unpaired) electrons. The Morgan fingerprint density at radius 2 is 1.96 bits per heavy atom. The Morgan fingerprint density at radius 1 is 1.28 bits per heavy atom. The predicted molar refractivity (Wildman–Crippen MR) is 96.2 cm³/mol. The number of carbonyl (C=O) groups excluding carboxylic acids is 3. The number of carbonyl (C=O) groups is 3. The number of rotatable bonds is 7. The highest BCUT2D eigenvalue weighted by atomic mass is 32.2. The van der Waals surface area contributed by atoms with Gasteiger partial charge in [-0.1, -0.05) is 32.0 Å². The van der Waals surface area contributed by atoms with Crippen LogP contribution in [0.3, 0.4) is 0 Å². The normalized spacial score (nSPS) is 16.2. The molecule has 0 bridgehead atoms. The quantitative estimate of drug-likeness (QED) is 0.753. The molecule has 1 aromatic rings. The van der Waals surface area contributed by atoms with E-state index in [1.165, 1.54) is 12.1 Å². The lowest BCUT2D eigenvalue weighted by Crippen LogP contribution is -2.39. The maximum absolute atomic E-state index is 13.7. The molecule has 2 rings (SSSR count). The van der Waals surface area contributed by atoms with Gasteiger partial charge in [0.1, 0.15) is 5.82 Å². The molecule has 25 heavy (non-hydrogen) atoms. The molecule has 7 heteroatoms. The van der Waals surface area contributed by atoms with Crippen molar-refractivity contribution in [2.75, 3.05) is 13.1 Å². The molecule has 1 aliphatic rings. The fourth-order valence-corrected chi connectivity index (χ4v) is 3.38. The van der Waals surface area contributed by atoms with E-state index in [1.807, 2.05) is 13.8 Å². The smallest absolute Gasteiger partial charge is 0.293 e. The summed E-state index contributed by atoms with van der Waals surface area (Å²) in [4.78, 5) is 37.5. The van der Waals surface area contributed by atoms with Crippen LogP contribution in [0.5, 0.6) is 0 Å². The number of nitrogens with zero attached hydrogens (tertiary/aromatic N) is 1. The zero-order valence-corrected chi connectivity index (χ0v) is 15.1. The molecular formula is C18H21FN2O3S. The van der Waals surface area contributed by atoms with Crippen LogP contribution in [0.15, 0.2) is 29.2 Å². The van der Waals surface area contributed by atoms with Crippen LogP contribution in [0.1, 0.15) is 32.3 Å². The van der Waals surface area contributed by atoms with Gasteiger partial charge in [-0.05, 0) is 36.7 Å². The Hall–Kier alpha value is -2.15. The Labute approximate surface area is 150 Å². The molecule has 0 aliphatic carbocycles. The van der Waals surface area contributed by atoms with E-state index in [1.54, 1.807) is 18.2 Å². The highest BCUT2D eigenvalue weighted by Crippen LogP contribution is 2.32. The van der Waals surface area contributed by atoms with Crippen LogP contribution in [0.2, 0.25) is 0 Å². The van der Waals surface area contributed by atoms with Gasteiger partial charge in [-0.25, -0.2) is 4.39 Å². The van der Waals surface area contributed by atoms with E-state index < -0.39 is 17.0 Å². The van der Waals surface area contributed by atoms with Crippen LogP contribution in [0.4, 0.5) is 9.18 Å². The van der Waals surface area contributed by atoms with E-state index in [2.05, 4.69) is 5.32 Å². The zero-order chi connectivity index (χ0) is 18.4. The molecule has 0 unspecified atom stereocenters. The molecule has 0 saturated carbocycles. The second-order valence-corrected chi connectivity index (χ2v) is 6.65. The molecule has 134 valence electrons. The van der Waals surface area contributed by atoms with E-state index in [9.17, 15) is 18.8 Å². The van der Waals surface area contributed by atoms with E-state index in [0.29, 0.717) is 0 Å². The van der Waals surface area contributed by atoms with Crippen molar-refractivity contribution < 1.29 is 18.8 Å². The average Bonchev–Trinajstić information content (AvgIpc) is 2.85. The number of nitrogens with one attached hydrogen (secondary N) is 1. The fraction of sp³-hybridized carbons (Fsp3) is 0.389. The van der Waals surface area contributed by atoms with Crippen molar-refractivity contribution in [2.45, 2.75) is 26.7 Å². The topological polar surface area (TPSA) is 66.5 Å². The number of hydrogen-bond acceptors (Lipinski definition) is 4. The molecule has 0 atom stereocenters. The third-order valence-electron chi connectivity index (χ3n) is 4.06. The molecule has 3 amide bonds. The molecule has 1 aromatic carbocycles. The van der Waals surface area contributed by atoms with Gasteiger partial charge < -0.3 is 5.32 Å².